The SMILES string of the molecule is CC(C)(C)S(=O)(=O)COc1cc(OC(=O)N2CCCC2)c(Cl)cc1Cl. The number of likely N-dealkylation sites (tertiary alicyclic amines) is 1. The molecule has 0 spiro atoms. The van der Waals surface area contributed by atoms with E-state index in [0.29, 0.717) is 13.1 Å². The van der Waals surface area contributed by atoms with Crippen LogP contribution in [0.3, 0.4) is 0 Å². The molecular weight excluding hydrogens is 389 g/mol. The van der Waals surface area contributed by atoms with E-state index in [0.717, 1.165) is 12.8 Å². The summed E-state index contributed by atoms with van der Waals surface area (Å²) < 4.78 is 34.0. The lowest BCUT2D eigenvalue weighted by Crippen LogP contribution is -2.32. The van der Waals surface area contributed by atoms with Crippen LogP contribution in [0.1, 0.15) is 33.6 Å². The number of carbonyl (C=O) groups excluding carboxylic acids is 1. The Morgan fingerprint density at radius 1 is 1.12 bits per heavy atom. The first-order valence-corrected chi connectivity index (χ1v) is 10.2. The minimum atomic E-state index is -3.50. The quantitative estimate of drug-likeness (QED) is 0.746. The molecule has 1 aliphatic rings. The van der Waals surface area contributed by atoms with Gasteiger partial charge in [-0.1, -0.05) is 23.2 Å². The summed E-state index contributed by atoms with van der Waals surface area (Å²) >= 11 is 12.1. The van der Waals surface area contributed by atoms with E-state index in [4.69, 9.17) is 32.7 Å². The molecule has 1 aromatic carbocycles. The minimum absolute atomic E-state index is 0.0751. The molecule has 1 saturated heterocycles. The van der Waals surface area contributed by atoms with Gasteiger partial charge in [0.15, 0.2) is 21.5 Å². The molecule has 0 N–H and O–H groups in total. The van der Waals surface area contributed by atoms with Gasteiger partial charge in [-0.25, -0.2) is 13.2 Å². The van der Waals surface area contributed by atoms with Crippen LogP contribution >= 0.6 is 23.2 Å². The lowest BCUT2D eigenvalue weighted by Gasteiger charge is -2.20. The third-order valence-electron chi connectivity index (χ3n) is 3.85. The van der Waals surface area contributed by atoms with Gasteiger partial charge in [-0.2, -0.15) is 0 Å². The van der Waals surface area contributed by atoms with E-state index in [1.165, 1.54) is 12.1 Å². The molecule has 0 bridgehead atoms. The zero-order valence-electron chi connectivity index (χ0n) is 14.3. The van der Waals surface area contributed by atoms with Crippen LogP contribution < -0.4 is 9.47 Å². The van der Waals surface area contributed by atoms with Crippen molar-refractivity contribution < 1.29 is 22.7 Å². The number of amides is 1. The fourth-order valence-corrected chi connectivity index (χ4v) is 3.19. The molecular formula is C16H21Cl2NO5S. The number of hydrogen-bond donors (Lipinski definition) is 0. The molecule has 140 valence electrons. The molecule has 1 fully saturated rings. The van der Waals surface area contributed by atoms with Crippen molar-refractivity contribution in [1.82, 2.24) is 4.90 Å². The summed E-state index contributed by atoms with van der Waals surface area (Å²) in [4.78, 5) is 13.7. The highest BCUT2D eigenvalue weighted by molar-refractivity contribution is 7.92. The molecule has 1 aliphatic heterocycles. The highest BCUT2D eigenvalue weighted by atomic mass is 35.5. The first-order chi connectivity index (χ1) is 11.5. The van der Waals surface area contributed by atoms with Gasteiger partial charge in [-0.05, 0) is 39.7 Å². The van der Waals surface area contributed by atoms with E-state index in [1.807, 2.05) is 0 Å². The zero-order valence-corrected chi connectivity index (χ0v) is 16.7. The van der Waals surface area contributed by atoms with E-state index in [2.05, 4.69) is 0 Å². The fourth-order valence-electron chi connectivity index (χ4n) is 2.08. The molecule has 25 heavy (non-hydrogen) atoms. The van der Waals surface area contributed by atoms with Crippen LogP contribution in [0.25, 0.3) is 0 Å². The molecule has 0 radical (unpaired) electrons. The Labute approximate surface area is 157 Å². The Morgan fingerprint density at radius 2 is 1.68 bits per heavy atom. The second kappa shape index (κ2) is 7.60. The maximum atomic E-state index is 12.2. The number of ether oxygens (including phenoxy) is 2. The van der Waals surface area contributed by atoms with Crippen LogP contribution in [0.2, 0.25) is 10.0 Å². The number of carbonyl (C=O) groups is 1. The van der Waals surface area contributed by atoms with Crippen molar-refractivity contribution in [1.29, 1.82) is 0 Å². The predicted octanol–water partition coefficient (Wildman–Crippen LogP) is 4.14. The van der Waals surface area contributed by atoms with Crippen LogP contribution in [0.5, 0.6) is 11.5 Å². The number of halogens is 2. The van der Waals surface area contributed by atoms with Gasteiger partial charge in [0.25, 0.3) is 0 Å². The second-order valence-corrected chi connectivity index (χ2v) is 10.3. The fraction of sp³-hybridized carbons (Fsp3) is 0.562. The summed E-state index contributed by atoms with van der Waals surface area (Å²) in [5.41, 5.74) is 0. The van der Waals surface area contributed by atoms with Crippen LogP contribution in [0, 0.1) is 0 Å². The Morgan fingerprint density at radius 3 is 2.24 bits per heavy atom. The summed E-state index contributed by atoms with van der Waals surface area (Å²) in [6, 6.07) is 2.69. The minimum Gasteiger partial charge on any atom is -0.476 e. The molecule has 0 aromatic heterocycles. The van der Waals surface area contributed by atoms with Crippen LogP contribution in [-0.4, -0.2) is 43.2 Å². The molecule has 0 atom stereocenters. The number of rotatable bonds is 4. The largest absolute Gasteiger partial charge is 0.476 e. The van der Waals surface area contributed by atoms with Crippen molar-refractivity contribution >= 4 is 39.1 Å². The summed E-state index contributed by atoms with van der Waals surface area (Å²) in [5.74, 6) is -0.383. The first-order valence-electron chi connectivity index (χ1n) is 7.82. The lowest BCUT2D eigenvalue weighted by atomic mass is 10.3. The molecule has 0 aliphatic carbocycles. The topological polar surface area (TPSA) is 72.9 Å². The van der Waals surface area contributed by atoms with Gasteiger partial charge in [0, 0.05) is 19.2 Å². The molecule has 9 heteroatoms. The Bertz CT molecular complexity index is 753. The van der Waals surface area contributed by atoms with Gasteiger partial charge < -0.3 is 14.4 Å². The smallest absolute Gasteiger partial charge is 0.415 e. The average Bonchev–Trinajstić information content (AvgIpc) is 3.02. The van der Waals surface area contributed by atoms with Crippen molar-refractivity contribution in [3.63, 3.8) is 0 Å². The Kier molecular flexibility index (Phi) is 6.12. The Balaban J connectivity index is 2.15. The van der Waals surface area contributed by atoms with Gasteiger partial charge >= 0.3 is 6.09 Å². The maximum absolute atomic E-state index is 12.2. The van der Waals surface area contributed by atoms with Crippen molar-refractivity contribution in [2.24, 2.45) is 0 Å². The molecule has 1 aromatic rings. The highest BCUT2D eigenvalue weighted by Gasteiger charge is 2.30. The van der Waals surface area contributed by atoms with Crippen molar-refractivity contribution in [2.45, 2.75) is 38.4 Å². The van der Waals surface area contributed by atoms with Crippen LogP contribution in [0.4, 0.5) is 4.79 Å². The van der Waals surface area contributed by atoms with Crippen LogP contribution in [-0.2, 0) is 9.84 Å². The summed E-state index contributed by atoms with van der Waals surface area (Å²) in [5, 5.41) is 0.277. The van der Waals surface area contributed by atoms with Gasteiger partial charge in [0.1, 0.15) is 5.75 Å². The summed E-state index contributed by atoms with van der Waals surface area (Å²) in [6.07, 6.45) is 1.36. The van der Waals surface area contributed by atoms with Gasteiger partial charge in [0.05, 0.1) is 14.8 Å². The van der Waals surface area contributed by atoms with Crippen molar-refractivity contribution in [2.75, 3.05) is 19.0 Å². The number of sulfone groups is 1. The van der Waals surface area contributed by atoms with E-state index in [1.54, 1.807) is 25.7 Å². The third kappa shape index (κ3) is 4.92. The van der Waals surface area contributed by atoms with Gasteiger partial charge in [0.2, 0.25) is 0 Å². The average molecular weight is 410 g/mol. The summed E-state index contributed by atoms with van der Waals surface area (Å²) in [6.45, 7) is 6.02. The lowest BCUT2D eigenvalue weighted by molar-refractivity contribution is 0.162. The monoisotopic (exact) mass is 409 g/mol. The van der Waals surface area contributed by atoms with Gasteiger partial charge in [-0.15, -0.1) is 0 Å². The molecule has 0 saturated carbocycles. The number of hydrogen-bond acceptors (Lipinski definition) is 5. The molecule has 2 rings (SSSR count). The zero-order chi connectivity index (χ0) is 18.8. The third-order valence-corrected chi connectivity index (χ3v) is 6.74. The first kappa shape index (κ1) is 20.1. The second-order valence-electron chi connectivity index (χ2n) is 6.76. The van der Waals surface area contributed by atoms with Crippen molar-refractivity contribution in [3.8, 4) is 11.5 Å². The van der Waals surface area contributed by atoms with E-state index < -0.39 is 26.6 Å². The Hall–Kier alpha value is -1.18. The standard InChI is InChI=1S/C16H21Cl2NO5S/c1-16(2,3)25(21,22)10-23-13-9-14(12(18)8-11(13)17)24-15(20)19-6-4-5-7-19/h8-9H,4-7,10H2,1-3H3. The van der Waals surface area contributed by atoms with Gasteiger partial charge in [-0.3, -0.25) is 0 Å². The number of benzene rings is 1. The van der Waals surface area contributed by atoms with E-state index >= 15 is 0 Å². The van der Waals surface area contributed by atoms with Crippen molar-refractivity contribution in [3.05, 3.63) is 22.2 Å². The molecule has 0 unspecified atom stereocenters. The number of nitrogens with zero attached hydrogens (tertiary/aromatic N) is 1. The summed E-state index contributed by atoms with van der Waals surface area (Å²) in [7, 11) is -3.50. The predicted molar refractivity (Wildman–Crippen MR) is 97.5 cm³/mol. The molecule has 1 amide bonds. The molecule has 1 heterocycles. The van der Waals surface area contributed by atoms with E-state index in [9.17, 15) is 13.2 Å². The van der Waals surface area contributed by atoms with E-state index in [-0.39, 0.29) is 21.5 Å². The van der Waals surface area contributed by atoms with Crippen LogP contribution in [0.15, 0.2) is 12.1 Å². The maximum Gasteiger partial charge on any atom is 0.415 e. The highest BCUT2D eigenvalue weighted by Crippen LogP contribution is 2.36. The molecule has 6 nitrogen and oxygen atoms in total. The normalized spacial score (nSPS) is 15.3.